The van der Waals surface area contributed by atoms with Gasteiger partial charge in [-0.2, -0.15) is 0 Å². The molecule has 0 aliphatic carbocycles. The monoisotopic (exact) mass is 334 g/mol. The number of imidazole rings is 1. The molecular formula is C18H30N4O2. The Balaban J connectivity index is 1.44. The lowest BCUT2D eigenvalue weighted by Crippen LogP contribution is -2.47. The van der Waals surface area contributed by atoms with Crippen molar-refractivity contribution in [3.63, 3.8) is 0 Å². The molecule has 3 rings (SSSR count). The van der Waals surface area contributed by atoms with Gasteiger partial charge >= 0.3 is 0 Å². The summed E-state index contributed by atoms with van der Waals surface area (Å²) in [4.78, 5) is 21.1. The highest BCUT2D eigenvalue weighted by atomic mass is 16.5. The lowest BCUT2D eigenvalue weighted by Gasteiger charge is -2.34. The topological polar surface area (TPSA) is 50.6 Å². The van der Waals surface area contributed by atoms with E-state index in [4.69, 9.17) is 4.74 Å². The highest BCUT2D eigenvalue weighted by Gasteiger charge is 2.24. The number of nitrogens with zero attached hydrogens (tertiary/aromatic N) is 4. The Labute approximate surface area is 144 Å². The van der Waals surface area contributed by atoms with Crippen LogP contribution in [0.5, 0.6) is 0 Å². The first kappa shape index (κ1) is 17.4. The van der Waals surface area contributed by atoms with Crippen LogP contribution in [0.3, 0.4) is 0 Å². The molecule has 0 unspecified atom stereocenters. The Bertz CT molecular complexity index is 529. The fourth-order valence-corrected chi connectivity index (χ4v) is 3.69. The van der Waals surface area contributed by atoms with Gasteiger partial charge < -0.3 is 14.2 Å². The minimum Gasteiger partial charge on any atom is -0.378 e. The van der Waals surface area contributed by atoms with Crippen LogP contribution >= 0.6 is 0 Å². The molecule has 0 saturated carbocycles. The smallest absolute Gasteiger partial charge is 0.236 e. The molecule has 1 aromatic rings. The van der Waals surface area contributed by atoms with E-state index in [-0.39, 0.29) is 5.91 Å². The number of carbonyl (C=O) groups is 1. The lowest BCUT2D eigenvalue weighted by atomic mass is 9.96. The van der Waals surface area contributed by atoms with Crippen molar-refractivity contribution in [3.8, 4) is 0 Å². The Hall–Kier alpha value is -1.40. The van der Waals surface area contributed by atoms with Crippen molar-refractivity contribution < 1.29 is 9.53 Å². The van der Waals surface area contributed by atoms with Crippen LogP contribution in [0.1, 0.15) is 38.4 Å². The van der Waals surface area contributed by atoms with Crippen molar-refractivity contribution >= 4 is 5.91 Å². The van der Waals surface area contributed by atoms with Crippen LogP contribution < -0.4 is 0 Å². The van der Waals surface area contributed by atoms with Gasteiger partial charge in [-0.25, -0.2) is 4.98 Å². The molecule has 2 saturated heterocycles. The van der Waals surface area contributed by atoms with Gasteiger partial charge in [0, 0.05) is 37.9 Å². The maximum absolute atomic E-state index is 12.3. The van der Waals surface area contributed by atoms with Crippen molar-refractivity contribution in [1.29, 1.82) is 0 Å². The Kier molecular flexibility index (Phi) is 5.89. The van der Waals surface area contributed by atoms with Crippen molar-refractivity contribution in [2.75, 3.05) is 45.9 Å². The third-order valence-corrected chi connectivity index (χ3v) is 5.15. The van der Waals surface area contributed by atoms with Crippen molar-refractivity contribution in [3.05, 3.63) is 18.2 Å². The number of rotatable bonds is 5. The van der Waals surface area contributed by atoms with Gasteiger partial charge in [0.25, 0.3) is 0 Å². The summed E-state index contributed by atoms with van der Waals surface area (Å²) in [6.07, 6.45) is 6.33. The number of amides is 1. The molecule has 3 heterocycles. The average Bonchev–Trinajstić information content (AvgIpc) is 3.06. The molecule has 6 nitrogen and oxygen atoms in total. The van der Waals surface area contributed by atoms with E-state index in [0.29, 0.717) is 31.6 Å². The van der Waals surface area contributed by atoms with E-state index in [1.54, 1.807) is 0 Å². The first-order valence-electron chi connectivity index (χ1n) is 9.22. The predicted molar refractivity (Wildman–Crippen MR) is 92.9 cm³/mol. The van der Waals surface area contributed by atoms with Crippen LogP contribution in [0.15, 0.2) is 12.4 Å². The van der Waals surface area contributed by atoms with Gasteiger partial charge in [0.1, 0.15) is 5.82 Å². The molecule has 24 heavy (non-hydrogen) atoms. The van der Waals surface area contributed by atoms with Crippen LogP contribution in [-0.4, -0.2) is 71.2 Å². The molecule has 0 spiro atoms. The summed E-state index contributed by atoms with van der Waals surface area (Å²) in [6.45, 7) is 10.9. The van der Waals surface area contributed by atoms with E-state index in [1.807, 2.05) is 11.1 Å². The fraction of sp³-hybridized carbons (Fsp3) is 0.778. The zero-order valence-electron chi connectivity index (χ0n) is 15.0. The number of likely N-dealkylation sites (tertiary alicyclic amines) is 1. The Morgan fingerprint density at radius 2 is 1.96 bits per heavy atom. The molecular weight excluding hydrogens is 304 g/mol. The van der Waals surface area contributed by atoms with Crippen LogP contribution in [0, 0.1) is 5.92 Å². The average molecular weight is 334 g/mol. The summed E-state index contributed by atoms with van der Waals surface area (Å²) in [6, 6.07) is 0. The van der Waals surface area contributed by atoms with Gasteiger partial charge in [0.2, 0.25) is 5.91 Å². The normalized spacial score (nSPS) is 20.7. The molecule has 0 N–H and O–H groups in total. The first-order chi connectivity index (χ1) is 11.6. The number of ether oxygens (including phenoxy) is 1. The van der Waals surface area contributed by atoms with Gasteiger partial charge in [-0.3, -0.25) is 9.69 Å². The summed E-state index contributed by atoms with van der Waals surface area (Å²) in [5, 5.41) is 0. The van der Waals surface area contributed by atoms with E-state index >= 15 is 0 Å². The van der Waals surface area contributed by atoms with E-state index < -0.39 is 0 Å². The van der Waals surface area contributed by atoms with Crippen molar-refractivity contribution in [1.82, 2.24) is 19.4 Å². The van der Waals surface area contributed by atoms with Gasteiger partial charge in [-0.05, 0) is 31.8 Å². The molecule has 0 radical (unpaired) electrons. The molecule has 0 bridgehead atoms. The molecule has 0 atom stereocenters. The number of aromatic nitrogens is 2. The molecule has 2 fully saturated rings. The molecule has 1 amide bonds. The van der Waals surface area contributed by atoms with Gasteiger partial charge in [0.15, 0.2) is 0 Å². The summed E-state index contributed by atoms with van der Waals surface area (Å²) < 4.78 is 7.62. The zero-order chi connectivity index (χ0) is 16.9. The lowest BCUT2D eigenvalue weighted by molar-refractivity contribution is -0.136. The maximum atomic E-state index is 12.3. The van der Waals surface area contributed by atoms with Crippen LogP contribution in [0.4, 0.5) is 0 Å². The SMILES string of the molecule is CC(C)c1nccn1CC1CCN(CC(=O)N2CCOCC2)CC1. The molecule has 0 aromatic carbocycles. The van der Waals surface area contributed by atoms with Crippen molar-refractivity contribution in [2.24, 2.45) is 5.92 Å². The third kappa shape index (κ3) is 4.36. The maximum Gasteiger partial charge on any atom is 0.236 e. The number of piperidine rings is 1. The second-order valence-electron chi connectivity index (χ2n) is 7.31. The quantitative estimate of drug-likeness (QED) is 0.820. The van der Waals surface area contributed by atoms with Crippen LogP contribution in [0.2, 0.25) is 0 Å². The first-order valence-corrected chi connectivity index (χ1v) is 9.22. The van der Waals surface area contributed by atoms with Gasteiger partial charge in [-0.15, -0.1) is 0 Å². The second-order valence-corrected chi connectivity index (χ2v) is 7.31. The molecule has 2 aliphatic heterocycles. The predicted octanol–water partition coefficient (Wildman–Crippen LogP) is 1.58. The summed E-state index contributed by atoms with van der Waals surface area (Å²) in [5.74, 6) is 2.59. The fourth-order valence-electron chi connectivity index (χ4n) is 3.69. The van der Waals surface area contributed by atoms with E-state index in [2.05, 4.69) is 34.5 Å². The Morgan fingerprint density at radius 1 is 1.25 bits per heavy atom. The molecule has 2 aliphatic rings. The minimum absolute atomic E-state index is 0.258. The number of carbonyl (C=O) groups excluding carboxylic acids is 1. The van der Waals surface area contributed by atoms with Gasteiger partial charge in [-0.1, -0.05) is 13.8 Å². The van der Waals surface area contributed by atoms with E-state index in [1.165, 1.54) is 5.82 Å². The number of hydrogen-bond acceptors (Lipinski definition) is 4. The minimum atomic E-state index is 0.258. The third-order valence-electron chi connectivity index (χ3n) is 5.15. The van der Waals surface area contributed by atoms with Crippen LogP contribution in [-0.2, 0) is 16.1 Å². The Morgan fingerprint density at radius 3 is 2.62 bits per heavy atom. The summed E-state index contributed by atoms with van der Waals surface area (Å²) in [7, 11) is 0. The van der Waals surface area contributed by atoms with E-state index in [9.17, 15) is 4.79 Å². The van der Waals surface area contributed by atoms with Crippen molar-refractivity contribution in [2.45, 2.75) is 39.2 Å². The number of hydrogen-bond donors (Lipinski definition) is 0. The van der Waals surface area contributed by atoms with Gasteiger partial charge in [0.05, 0.1) is 19.8 Å². The molecule has 1 aromatic heterocycles. The molecule has 6 heteroatoms. The zero-order valence-corrected chi connectivity index (χ0v) is 15.0. The largest absolute Gasteiger partial charge is 0.378 e. The summed E-state index contributed by atoms with van der Waals surface area (Å²) in [5.41, 5.74) is 0. The number of morpholine rings is 1. The molecule has 134 valence electrons. The highest BCUT2D eigenvalue weighted by Crippen LogP contribution is 2.21. The van der Waals surface area contributed by atoms with Crippen LogP contribution in [0.25, 0.3) is 0 Å². The standard InChI is InChI=1S/C18H30N4O2/c1-15(2)18-19-5-8-22(18)13-16-3-6-20(7-4-16)14-17(23)21-9-11-24-12-10-21/h5,8,15-16H,3-4,6-7,9-14H2,1-2H3. The second kappa shape index (κ2) is 8.12. The highest BCUT2D eigenvalue weighted by molar-refractivity contribution is 5.78. The summed E-state index contributed by atoms with van der Waals surface area (Å²) >= 11 is 0. The van der Waals surface area contributed by atoms with E-state index in [0.717, 1.165) is 45.6 Å².